The Hall–Kier alpha value is -3.20. The normalized spacial score (nSPS) is 13.8. The molecule has 0 amide bonds. The van der Waals surface area contributed by atoms with Crippen LogP contribution in [0.15, 0.2) is 72.8 Å². The zero-order valence-electron chi connectivity index (χ0n) is 15.7. The highest BCUT2D eigenvalue weighted by molar-refractivity contribution is 6.52. The van der Waals surface area contributed by atoms with E-state index in [1.165, 1.54) is 0 Å². The van der Waals surface area contributed by atoms with Gasteiger partial charge in [0, 0.05) is 6.07 Å². The average Bonchev–Trinajstić information content (AvgIpc) is 2.92. The van der Waals surface area contributed by atoms with E-state index in [-0.39, 0.29) is 16.9 Å². The first-order valence-corrected chi connectivity index (χ1v) is 9.05. The van der Waals surface area contributed by atoms with Gasteiger partial charge in [0.05, 0.1) is 5.56 Å². The third kappa shape index (κ3) is 2.95. The van der Waals surface area contributed by atoms with E-state index < -0.39 is 0 Å². The van der Waals surface area contributed by atoms with Crippen LogP contribution in [-0.2, 0) is 5.41 Å². The molecule has 3 aromatic carbocycles. The summed E-state index contributed by atoms with van der Waals surface area (Å²) in [6, 6.07) is 23.1. The van der Waals surface area contributed by atoms with Crippen LogP contribution in [0.2, 0.25) is 0 Å². The second-order valence-corrected chi connectivity index (χ2v) is 7.90. The topological polar surface area (TPSA) is 43.1 Å². The maximum atomic E-state index is 13.0. The van der Waals surface area contributed by atoms with Crippen LogP contribution in [0, 0.1) is 5.21 Å². The van der Waals surface area contributed by atoms with Crippen molar-refractivity contribution in [1.29, 1.82) is 0 Å². The average molecular weight is 355 g/mol. The van der Waals surface area contributed by atoms with E-state index in [1.807, 2.05) is 66.7 Å². The number of benzene rings is 3. The summed E-state index contributed by atoms with van der Waals surface area (Å²) in [5.41, 5.74) is 4.86. The molecule has 1 aliphatic heterocycles. The summed E-state index contributed by atoms with van der Waals surface area (Å²) in [5.74, 6) is -0.210. The van der Waals surface area contributed by atoms with Crippen molar-refractivity contribution in [2.24, 2.45) is 0 Å². The van der Waals surface area contributed by atoms with Gasteiger partial charge < -0.3 is 5.21 Å². The monoisotopic (exact) mass is 355 g/mol. The molecule has 27 heavy (non-hydrogen) atoms. The lowest BCUT2D eigenvalue weighted by molar-refractivity contribution is -0.355. The molecule has 0 unspecified atom stereocenters. The van der Waals surface area contributed by atoms with Crippen molar-refractivity contribution in [3.8, 4) is 11.1 Å². The van der Waals surface area contributed by atoms with Gasteiger partial charge in [0.25, 0.3) is 11.5 Å². The van der Waals surface area contributed by atoms with Crippen molar-refractivity contribution in [2.75, 3.05) is 0 Å². The molecule has 0 N–H and O–H groups in total. The Morgan fingerprint density at radius 1 is 0.778 bits per heavy atom. The van der Waals surface area contributed by atoms with Crippen LogP contribution in [0.25, 0.3) is 11.1 Å². The summed E-state index contributed by atoms with van der Waals surface area (Å²) in [6.45, 7) is 6.28. The Bertz CT molecular complexity index is 1060. The SMILES string of the molecule is CC(C)(C)c1ccc2c(c1)C(=O)C(c1ccc(-c3ccccc3)cc1)=[N+]2[O-]. The second-order valence-electron chi connectivity index (χ2n) is 7.90. The van der Waals surface area contributed by atoms with Crippen LogP contribution in [0.3, 0.4) is 0 Å². The molecule has 0 spiro atoms. The van der Waals surface area contributed by atoms with E-state index in [0.29, 0.717) is 16.8 Å². The van der Waals surface area contributed by atoms with Crippen molar-refractivity contribution in [1.82, 2.24) is 0 Å². The highest BCUT2D eigenvalue weighted by atomic mass is 16.5. The smallest absolute Gasteiger partial charge is 0.272 e. The number of carbonyl (C=O) groups excluding carboxylic acids is 1. The van der Waals surface area contributed by atoms with E-state index in [9.17, 15) is 10.0 Å². The second kappa shape index (κ2) is 6.20. The Morgan fingerprint density at radius 2 is 1.37 bits per heavy atom. The van der Waals surface area contributed by atoms with Crippen molar-refractivity contribution >= 4 is 17.2 Å². The van der Waals surface area contributed by atoms with E-state index in [0.717, 1.165) is 21.4 Å². The number of hydrogen-bond acceptors (Lipinski definition) is 2. The molecule has 1 aliphatic rings. The fraction of sp³-hybridized carbons (Fsp3) is 0.167. The Kier molecular flexibility index (Phi) is 3.96. The summed E-state index contributed by atoms with van der Waals surface area (Å²) in [6.07, 6.45) is 0. The third-order valence-electron chi connectivity index (χ3n) is 5.01. The number of Topliss-reactive ketones (excluding diaryl/α,β-unsaturated/α-hetero) is 1. The first kappa shape index (κ1) is 17.2. The van der Waals surface area contributed by atoms with E-state index in [2.05, 4.69) is 20.8 Å². The zero-order chi connectivity index (χ0) is 19.2. The van der Waals surface area contributed by atoms with Gasteiger partial charge in [0.15, 0.2) is 0 Å². The largest absolute Gasteiger partial charge is 0.618 e. The molecule has 0 atom stereocenters. The maximum absolute atomic E-state index is 13.0. The van der Waals surface area contributed by atoms with Gasteiger partial charge in [-0.05, 0) is 40.3 Å². The molecule has 0 radical (unpaired) electrons. The molecule has 3 nitrogen and oxygen atoms in total. The predicted molar refractivity (Wildman–Crippen MR) is 109 cm³/mol. The first-order valence-electron chi connectivity index (χ1n) is 9.05. The molecule has 134 valence electrons. The van der Waals surface area contributed by atoms with Gasteiger partial charge >= 0.3 is 0 Å². The minimum absolute atomic E-state index is 0.0802. The molecule has 1 heterocycles. The fourth-order valence-corrected chi connectivity index (χ4v) is 3.40. The number of ketones is 1. The van der Waals surface area contributed by atoms with Gasteiger partial charge in [-0.15, -0.1) is 0 Å². The van der Waals surface area contributed by atoms with Crippen molar-refractivity contribution < 1.29 is 9.53 Å². The van der Waals surface area contributed by atoms with E-state index in [1.54, 1.807) is 6.07 Å². The molecule has 0 bridgehead atoms. The maximum Gasteiger partial charge on any atom is 0.272 e. The van der Waals surface area contributed by atoms with E-state index in [4.69, 9.17) is 0 Å². The van der Waals surface area contributed by atoms with Crippen molar-refractivity contribution in [3.05, 3.63) is 94.7 Å². The fourth-order valence-electron chi connectivity index (χ4n) is 3.40. The van der Waals surface area contributed by atoms with Gasteiger partial charge in [-0.25, -0.2) is 0 Å². The zero-order valence-corrected chi connectivity index (χ0v) is 15.7. The van der Waals surface area contributed by atoms with Crippen LogP contribution in [0.1, 0.15) is 42.3 Å². The molecular formula is C24H21NO2. The molecule has 0 saturated heterocycles. The van der Waals surface area contributed by atoms with Gasteiger partial charge in [-0.2, -0.15) is 4.74 Å². The predicted octanol–water partition coefficient (Wildman–Crippen LogP) is 5.48. The third-order valence-corrected chi connectivity index (χ3v) is 5.01. The molecule has 0 fully saturated rings. The summed E-state index contributed by atoms with van der Waals surface area (Å²) in [4.78, 5) is 13.0. The van der Waals surface area contributed by atoms with Gasteiger partial charge in [0.1, 0.15) is 5.56 Å². The number of fused-ring (bicyclic) bond motifs is 1. The summed E-state index contributed by atoms with van der Waals surface area (Å²) in [7, 11) is 0. The number of rotatable bonds is 2. The quantitative estimate of drug-likeness (QED) is 0.451. The minimum Gasteiger partial charge on any atom is -0.618 e. The molecule has 0 aliphatic carbocycles. The van der Waals surface area contributed by atoms with Crippen LogP contribution in [0.4, 0.5) is 5.69 Å². The summed E-state index contributed by atoms with van der Waals surface area (Å²) < 4.78 is 0.766. The molecule has 0 aromatic heterocycles. The molecular weight excluding hydrogens is 334 g/mol. The molecule has 0 saturated carbocycles. The lowest BCUT2D eigenvalue weighted by Crippen LogP contribution is -2.17. The summed E-state index contributed by atoms with van der Waals surface area (Å²) in [5, 5.41) is 12.8. The van der Waals surface area contributed by atoms with Gasteiger partial charge in [0.2, 0.25) is 5.69 Å². The van der Waals surface area contributed by atoms with Crippen LogP contribution in [-0.4, -0.2) is 16.2 Å². The number of nitrogens with zero attached hydrogens (tertiary/aromatic N) is 1. The van der Waals surface area contributed by atoms with Crippen LogP contribution >= 0.6 is 0 Å². The van der Waals surface area contributed by atoms with Gasteiger partial charge in [-0.3, -0.25) is 4.79 Å². The van der Waals surface area contributed by atoms with E-state index >= 15 is 0 Å². The summed E-state index contributed by atoms with van der Waals surface area (Å²) >= 11 is 0. The highest BCUT2D eigenvalue weighted by Crippen LogP contribution is 2.33. The highest BCUT2D eigenvalue weighted by Gasteiger charge is 2.37. The standard InChI is InChI=1S/C24H21NO2/c1-24(2,3)19-13-14-21-20(15-19)23(26)22(25(21)27)18-11-9-17(10-12-18)16-7-5-4-6-8-16/h4-15H,1-3H3. The number of carbonyl (C=O) groups is 1. The Morgan fingerprint density at radius 3 is 2.00 bits per heavy atom. The molecule has 3 heteroatoms. The Balaban J connectivity index is 1.72. The lowest BCUT2D eigenvalue weighted by Gasteiger charge is -2.19. The van der Waals surface area contributed by atoms with Crippen LogP contribution < -0.4 is 0 Å². The number of hydrogen-bond donors (Lipinski definition) is 0. The minimum atomic E-state index is -0.210. The first-order chi connectivity index (χ1) is 12.9. The van der Waals surface area contributed by atoms with Crippen molar-refractivity contribution in [2.45, 2.75) is 26.2 Å². The van der Waals surface area contributed by atoms with Crippen LogP contribution in [0.5, 0.6) is 0 Å². The lowest BCUT2D eigenvalue weighted by atomic mass is 9.85. The Labute approximate surface area is 159 Å². The molecule has 3 aromatic rings. The molecule has 4 rings (SSSR count). The van der Waals surface area contributed by atoms with Crippen molar-refractivity contribution in [3.63, 3.8) is 0 Å². The van der Waals surface area contributed by atoms with Gasteiger partial charge in [-0.1, -0.05) is 69.3 Å².